The molecule has 3 aromatic rings. The normalized spacial score (nSPS) is 13.3. The Morgan fingerprint density at radius 3 is 2.28 bits per heavy atom. The number of carbonyl (C=O) groups is 1. The first-order chi connectivity index (χ1) is 20.2. The van der Waals surface area contributed by atoms with Crippen LogP contribution >= 0.6 is 0 Å². The van der Waals surface area contributed by atoms with E-state index in [1.54, 1.807) is 6.92 Å². The quantitative estimate of drug-likeness (QED) is 0.191. The van der Waals surface area contributed by atoms with Gasteiger partial charge in [0.15, 0.2) is 0 Å². The van der Waals surface area contributed by atoms with Crippen molar-refractivity contribution in [2.24, 2.45) is 0 Å². The van der Waals surface area contributed by atoms with Gasteiger partial charge in [-0.25, -0.2) is 22.0 Å². The van der Waals surface area contributed by atoms with Crippen LogP contribution in [-0.4, -0.2) is 27.2 Å². The van der Waals surface area contributed by atoms with Gasteiger partial charge in [0.2, 0.25) is 10.0 Å². The number of hydrogen-bond acceptors (Lipinski definition) is 5. The molecule has 0 amide bonds. The van der Waals surface area contributed by atoms with Gasteiger partial charge in [-0.1, -0.05) is 13.8 Å². The molecule has 1 N–H and O–H groups in total. The Morgan fingerprint density at radius 2 is 1.65 bits per heavy atom. The summed E-state index contributed by atoms with van der Waals surface area (Å²) in [6.07, 6.45) is -2.38. The molecule has 0 aromatic heterocycles. The van der Waals surface area contributed by atoms with Crippen LogP contribution < -0.4 is 9.46 Å². The highest BCUT2D eigenvalue weighted by Gasteiger charge is 2.32. The number of anilines is 1. The summed E-state index contributed by atoms with van der Waals surface area (Å²) in [7, 11) is -3.72. The molecule has 232 valence electrons. The van der Waals surface area contributed by atoms with Crippen molar-refractivity contribution in [1.29, 1.82) is 0 Å². The smallest absolute Gasteiger partial charge is 0.416 e. The second-order valence-corrected chi connectivity index (χ2v) is 11.2. The van der Waals surface area contributed by atoms with Crippen molar-refractivity contribution < 1.29 is 44.6 Å². The van der Waals surface area contributed by atoms with Crippen molar-refractivity contribution in [3.63, 3.8) is 0 Å². The van der Waals surface area contributed by atoms with Gasteiger partial charge in [0, 0.05) is 22.9 Å². The van der Waals surface area contributed by atoms with Crippen molar-refractivity contribution in [3.8, 4) is 5.75 Å². The highest BCUT2D eigenvalue weighted by molar-refractivity contribution is 7.92. The topological polar surface area (TPSA) is 81.7 Å². The van der Waals surface area contributed by atoms with E-state index in [-0.39, 0.29) is 41.3 Å². The second kappa shape index (κ2) is 14.0. The molecule has 4 rings (SSSR count). The monoisotopic (exact) mass is 625 g/mol. The zero-order valence-corrected chi connectivity index (χ0v) is 24.9. The number of halogens is 5. The van der Waals surface area contributed by atoms with E-state index in [1.807, 2.05) is 13.8 Å². The van der Waals surface area contributed by atoms with Gasteiger partial charge in [0.25, 0.3) is 0 Å². The van der Waals surface area contributed by atoms with Crippen molar-refractivity contribution in [1.82, 2.24) is 0 Å². The summed E-state index contributed by atoms with van der Waals surface area (Å²) in [4.78, 5) is 12.5. The number of sulfonamides is 1. The van der Waals surface area contributed by atoms with Crippen LogP contribution in [0.2, 0.25) is 0 Å². The Bertz CT molecular complexity index is 1620. The van der Waals surface area contributed by atoms with Crippen molar-refractivity contribution in [2.45, 2.75) is 52.8 Å². The van der Waals surface area contributed by atoms with Crippen molar-refractivity contribution in [3.05, 3.63) is 94.0 Å². The number of nitrogens with one attached hydrogen (secondary N) is 1. The number of benzene rings is 3. The van der Waals surface area contributed by atoms with Gasteiger partial charge in [-0.05, 0) is 91.4 Å². The molecule has 0 aliphatic heterocycles. The van der Waals surface area contributed by atoms with Gasteiger partial charge in [-0.3, -0.25) is 4.72 Å². The summed E-state index contributed by atoms with van der Waals surface area (Å²) < 4.78 is 106. The molecule has 0 radical (unpaired) electrons. The minimum absolute atomic E-state index is 0.0106. The van der Waals surface area contributed by atoms with Gasteiger partial charge in [-0.15, -0.1) is 0 Å². The number of allylic oxidation sites excluding steroid dienone is 2. The molecule has 0 saturated carbocycles. The van der Waals surface area contributed by atoms with Gasteiger partial charge in [0.05, 0.1) is 24.0 Å². The number of carbonyl (C=O) groups excluding carboxylic acids is 1. The van der Waals surface area contributed by atoms with Crippen LogP contribution in [-0.2, 0) is 27.5 Å². The van der Waals surface area contributed by atoms with E-state index in [0.29, 0.717) is 42.0 Å². The number of rotatable bonds is 9. The minimum atomic E-state index is -4.66. The summed E-state index contributed by atoms with van der Waals surface area (Å²) in [5.74, 6) is -2.29. The Labute approximate surface area is 247 Å². The standard InChI is InChI=1S/C29H26F5NO5S.C2H6/c1-3-39-28(36)19-11-18(12-22(13-19)35-41(2,37)38)23-5-4-6-24(23)25-14-20(29(32,33)34)8-10-27(25)40-16-17-7-9-21(30)15-26(17)31;1-2/h7-15,35H,3-6,16H2,1-2H3;1-2H3. The van der Waals surface area contributed by atoms with E-state index < -0.39 is 39.4 Å². The van der Waals surface area contributed by atoms with Crippen LogP contribution in [0.5, 0.6) is 5.75 Å². The molecule has 0 atom stereocenters. The molecule has 1 aliphatic carbocycles. The molecule has 0 heterocycles. The Morgan fingerprint density at radius 1 is 0.953 bits per heavy atom. The molecular weight excluding hydrogens is 593 g/mol. The lowest BCUT2D eigenvalue weighted by Crippen LogP contribution is -2.12. The first-order valence-electron chi connectivity index (χ1n) is 13.6. The third-order valence-corrected chi connectivity index (χ3v) is 6.95. The summed E-state index contributed by atoms with van der Waals surface area (Å²) in [6, 6.07) is 10.2. The van der Waals surface area contributed by atoms with Crippen LogP contribution in [0.4, 0.5) is 27.6 Å². The molecule has 43 heavy (non-hydrogen) atoms. The van der Waals surface area contributed by atoms with E-state index >= 15 is 0 Å². The maximum Gasteiger partial charge on any atom is 0.416 e. The van der Waals surface area contributed by atoms with Crippen LogP contribution in [0.3, 0.4) is 0 Å². The van der Waals surface area contributed by atoms with Crippen molar-refractivity contribution >= 4 is 32.8 Å². The summed E-state index contributed by atoms with van der Waals surface area (Å²) in [5, 5.41) is 0. The van der Waals surface area contributed by atoms with E-state index in [9.17, 15) is 35.2 Å². The third-order valence-electron chi connectivity index (χ3n) is 6.34. The average molecular weight is 626 g/mol. The van der Waals surface area contributed by atoms with E-state index in [2.05, 4.69) is 4.72 Å². The zero-order chi connectivity index (χ0) is 31.9. The first kappa shape index (κ1) is 33.6. The SMILES string of the molecule is CC.CCOC(=O)c1cc(NS(C)(=O)=O)cc(C2=C(c3cc(C(F)(F)F)ccc3OCc3ccc(F)cc3F)CCC2)c1. The average Bonchev–Trinajstić information content (AvgIpc) is 3.42. The fourth-order valence-electron chi connectivity index (χ4n) is 4.63. The Hall–Kier alpha value is -3.93. The fraction of sp³-hybridized carbons (Fsp3) is 0.323. The lowest BCUT2D eigenvalue weighted by molar-refractivity contribution is -0.137. The molecule has 0 fully saturated rings. The summed E-state index contributed by atoms with van der Waals surface area (Å²) >= 11 is 0. The lowest BCUT2D eigenvalue weighted by Gasteiger charge is -2.18. The number of ether oxygens (including phenoxy) is 2. The van der Waals surface area contributed by atoms with Crippen LogP contribution in [0.1, 0.15) is 72.6 Å². The molecule has 0 unspecified atom stereocenters. The molecule has 1 aliphatic rings. The molecule has 6 nitrogen and oxygen atoms in total. The highest BCUT2D eigenvalue weighted by Crippen LogP contribution is 2.45. The molecule has 0 spiro atoms. The summed E-state index contributed by atoms with van der Waals surface area (Å²) in [6.45, 7) is 5.32. The lowest BCUT2D eigenvalue weighted by atomic mass is 9.93. The number of alkyl halides is 3. The minimum Gasteiger partial charge on any atom is -0.488 e. The zero-order valence-electron chi connectivity index (χ0n) is 24.1. The maximum atomic E-state index is 14.2. The molecule has 3 aromatic carbocycles. The van der Waals surface area contributed by atoms with Crippen LogP contribution in [0.25, 0.3) is 11.1 Å². The number of hydrogen-bond donors (Lipinski definition) is 1. The van der Waals surface area contributed by atoms with Gasteiger partial charge < -0.3 is 9.47 Å². The van der Waals surface area contributed by atoms with Gasteiger partial charge >= 0.3 is 12.1 Å². The predicted octanol–water partition coefficient (Wildman–Crippen LogP) is 8.23. The molecule has 0 bridgehead atoms. The van der Waals surface area contributed by atoms with Gasteiger partial charge in [0.1, 0.15) is 24.0 Å². The largest absolute Gasteiger partial charge is 0.488 e. The molecule has 0 saturated heterocycles. The van der Waals surface area contributed by atoms with Crippen LogP contribution in [0.15, 0.2) is 54.6 Å². The third kappa shape index (κ3) is 8.79. The maximum absolute atomic E-state index is 14.2. The highest BCUT2D eigenvalue weighted by atomic mass is 32.2. The van der Waals surface area contributed by atoms with Crippen LogP contribution in [0, 0.1) is 11.6 Å². The molecule has 12 heteroatoms. The van der Waals surface area contributed by atoms with E-state index in [1.165, 1.54) is 24.3 Å². The second-order valence-electron chi connectivity index (χ2n) is 9.44. The number of esters is 1. The Kier molecular flexibility index (Phi) is 11.0. The van der Waals surface area contributed by atoms with Crippen molar-refractivity contribution in [2.75, 3.05) is 17.6 Å². The summed E-state index contributed by atoms with van der Waals surface area (Å²) in [5.41, 5.74) is 0.849. The fourth-order valence-corrected chi connectivity index (χ4v) is 5.17. The Balaban J connectivity index is 0.00000248. The van der Waals surface area contributed by atoms with E-state index in [0.717, 1.165) is 30.5 Å². The van der Waals surface area contributed by atoms with Gasteiger partial charge in [-0.2, -0.15) is 13.2 Å². The predicted molar refractivity (Wildman–Crippen MR) is 155 cm³/mol. The van der Waals surface area contributed by atoms with E-state index in [4.69, 9.17) is 9.47 Å². The molecular formula is C31H32F5NO5S. The first-order valence-corrected chi connectivity index (χ1v) is 15.4.